The van der Waals surface area contributed by atoms with Gasteiger partial charge in [-0.05, 0) is 64.8 Å². The lowest BCUT2D eigenvalue weighted by molar-refractivity contribution is 0.687. The van der Waals surface area contributed by atoms with Crippen LogP contribution in [0.3, 0.4) is 0 Å². The highest BCUT2D eigenvalue weighted by atomic mass is 79.9. The van der Waals surface area contributed by atoms with Gasteiger partial charge in [0.15, 0.2) is 0 Å². The van der Waals surface area contributed by atoms with Crippen LogP contribution in [-0.2, 0) is 13.1 Å². The first-order chi connectivity index (χ1) is 10.3. The zero-order valence-electron chi connectivity index (χ0n) is 12.3. The second-order valence-electron chi connectivity index (χ2n) is 5.53. The van der Waals surface area contributed by atoms with Crippen LogP contribution in [-0.4, -0.2) is 12.6 Å². The summed E-state index contributed by atoms with van der Waals surface area (Å²) >= 11 is 5.57. The van der Waals surface area contributed by atoms with Crippen molar-refractivity contribution in [2.45, 2.75) is 38.9 Å². The third-order valence-electron chi connectivity index (χ3n) is 3.83. The minimum absolute atomic E-state index is 0.759. The molecular weight excluding hydrogens is 344 g/mol. The number of halogens is 1. The standard InChI is InChI=1S/C17H21BrN2S/c1-2-20(12-15-4-3-9-21-15)17-8-5-13(10-16(17)18)11-19-14-6-7-14/h3-5,8-10,14,19H,2,6-7,11-12H2,1H3. The number of rotatable bonds is 7. The summed E-state index contributed by atoms with van der Waals surface area (Å²) in [6.45, 7) is 5.17. The summed E-state index contributed by atoms with van der Waals surface area (Å²) in [5, 5.41) is 5.71. The van der Waals surface area contributed by atoms with E-state index < -0.39 is 0 Å². The first-order valence-corrected chi connectivity index (χ1v) is 9.22. The summed E-state index contributed by atoms with van der Waals surface area (Å²) in [7, 11) is 0. The molecule has 1 aliphatic rings. The van der Waals surface area contributed by atoms with Crippen LogP contribution in [0.2, 0.25) is 0 Å². The fourth-order valence-electron chi connectivity index (χ4n) is 2.42. The van der Waals surface area contributed by atoms with Gasteiger partial charge >= 0.3 is 0 Å². The molecule has 3 rings (SSSR count). The number of nitrogens with zero attached hydrogens (tertiary/aromatic N) is 1. The molecule has 1 aromatic heterocycles. The molecule has 21 heavy (non-hydrogen) atoms. The number of benzene rings is 1. The van der Waals surface area contributed by atoms with Crippen LogP contribution < -0.4 is 10.2 Å². The molecule has 1 saturated carbocycles. The van der Waals surface area contributed by atoms with Gasteiger partial charge in [0.05, 0.1) is 12.2 Å². The third kappa shape index (κ3) is 4.09. The predicted octanol–water partition coefficient (Wildman–Crippen LogP) is 4.79. The predicted molar refractivity (Wildman–Crippen MR) is 95.0 cm³/mol. The van der Waals surface area contributed by atoms with Gasteiger partial charge in [-0.25, -0.2) is 0 Å². The van der Waals surface area contributed by atoms with Crippen LogP contribution >= 0.6 is 27.3 Å². The van der Waals surface area contributed by atoms with Crippen LogP contribution in [0, 0.1) is 0 Å². The molecule has 0 radical (unpaired) electrons. The lowest BCUT2D eigenvalue weighted by atomic mass is 10.2. The molecule has 0 saturated heterocycles. The fraction of sp³-hybridized carbons (Fsp3) is 0.412. The molecule has 2 nitrogen and oxygen atoms in total. The van der Waals surface area contributed by atoms with Gasteiger partial charge in [-0.1, -0.05) is 12.1 Å². The topological polar surface area (TPSA) is 15.3 Å². The van der Waals surface area contributed by atoms with Crippen molar-refractivity contribution in [1.82, 2.24) is 5.32 Å². The highest BCUT2D eigenvalue weighted by Gasteiger charge is 2.20. The van der Waals surface area contributed by atoms with Crippen LogP contribution in [0.25, 0.3) is 0 Å². The molecule has 1 aliphatic carbocycles. The number of anilines is 1. The number of hydrogen-bond donors (Lipinski definition) is 1. The minimum Gasteiger partial charge on any atom is -0.366 e. The maximum atomic E-state index is 3.75. The SMILES string of the molecule is CCN(Cc1cccs1)c1ccc(CNC2CC2)cc1Br. The van der Waals surface area contributed by atoms with Gasteiger partial charge in [0.2, 0.25) is 0 Å². The van der Waals surface area contributed by atoms with E-state index in [1.165, 1.54) is 33.4 Å². The molecule has 112 valence electrons. The summed E-state index contributed by atoms with van der Waals surface area (Å²) in [4.78, 5) is 3.82. The monoisotopic (exact) mass is 364 g/mol. The van der Waals surface area contributed by atoms with E-state index in [1.54, 1.807) is 0 Å². The Kier molecular flexibility index (Phi) is 4.99. The third-order valence-corrected chi connectivity index (χ3v) is 5.33. The van der Waals surface area contributed by atoms with E-state index in [2.05, 4.69) is 68.8 Å². The van der Waals surface area contributed by atoms with E-state index in [0.717, 1.165) is 25.7 Å². The summed E-state index contributed by atoms with van der Waals surface area (Å²) in [6, 6.07) is 11.8. The molecule has 4 heteroatoms. The summed E-state index contributed by atoms with van der Waals surface area (Å²) in [5.74, 6) is 0. The highest BCUT2D eigenvalue weighted by Crippen LogP contribution is 2.29. The van der Waals surface area contributed by atoms with Gasteiger partial charge in [-0.3, -0.25) is 0 Å². The first kappa shape index (κ1) is 15.1. The molecule has 0 aliphatic heterocycles. The van der Waals surface area contributed by atoms with Gasteiger partial charge in [-0.15, -0.1) is 11.3 Å². The Morgan fingerprint density at radius 3 is 2.81 bits per heavy atom. The molecule has 1 aromatic carbocycles. The van der Waals surface area contributed by atoms with Crippen molar-refractivity contribution in [3.63, 3.8) is 0 Å². The van der Waals surface area contributed by atoms with Crippen molar-refractivity contribution in [1.29, 1.82) is 0 Å². The number of nitrogens with one attached hydrogen (secondary N) is 1. The highest BCUT2D eigenvalue weighted by molar-refractivity contribution is 9.10. The number of thiophene rings is 1. The quantitative estimate of drug-likeness (QED) is 0.759. The smallest absolute Gasteiger partial charge is 0.0523 e. The Balaban J connectivity index is 1.70. The summed E-state index contributed by atoms with van der Waals surface area (Å²) < 4.78 is 1.19. The molecule has 0 bridgehead atoms. The van der Waals surface area contributed by atoms with Crippen molar-refractivity contribution in [3.8, 4) is 0 Å². The van der Waals surface area contributed by atoms with Crippen LogP contribution in [0.5, 0.6) is 0 Å². The molecule has 0 amide bonds. The lowest BCUT2D eigenvalue weighted by Gasteiger charge is -2.24. The molecule has 1 fully saturated rings. The van der Waals surface area contributed by atoms with Gasteiger partial charge in [0.1, 0.15) is 0 Å². The maximum Gasteiger partial charge on any atom is 0.0523 e. The van der Waals surface area contributed by atoms with Crippen LogP contribution in [0.15, 0.2) is 40.2 Å². The van der Waals surface area contributed by atoms with Crippen molar-refractivity contribution in [3.05, 3.63) is 50.6 Å². The normalized spacial score (nSPS) is 14.4. The zero-order chi connectivity index (χ0) is 14.7. The molecule has 1 N–H and O–H groups in total. The average Bonchev–Trinajstić information content (AvgIpc) is 3.18. The summed E-state index contributed by atoms with van der Waals surface area (Å²) in [6.07, 6.45) is 2.67. The van der Waals surface area contributed by atoms with Gasteiger partial charge in [0, 0.05) is 28.5 Å². The molecule has 1 heterocycles. The van der Waals surface area contributed by atoms with Gasteiger partial charge in [-0.2, -0.15) is 0 Å². The summed E-state index contributed by atoms with van der Waals surface area (Å²) in [5.41, 5.74) is 2.63. The van der Waals surface area contributed by atoms with Crippen molar-refractivity contribution < 1.29 is 0 Å². The first-order valence-electron chi connectivity index (χ1n) is 7.55. The van der Waals surface area contributed by atoms with Gasteiger partial charge < -0.3 is 10.2 Å². The molecule has 2 aromatic rings. The Hall–Kier alpha value is -0.840. The van der Waals surface area contributed by atoms with E-state index >= 15 is 0 Å². The Labute approximate surface area is 139 Å². The van der Waals surface area contributed by atoms with Crippen molar-refractivity contribution in [2.75, 3.05) is 11.4 Å². The van der Waals surface area contributed by atoms with E-state index in [0.29, 0.717) is 0 Å². The van der Waals surface area contributed by atoms with Crippen molar-refractivity contribution >= 4 is 33.0 Å². The molecule has 0 unspecified atom stereocenters. The Bertz CT molecular complexity index is 578. The Morgan fingerprint density at radius 2 is 2.19 bits per heavy atom. The van der Waals surface area contributed by atoms with Crippen LogP contribution in [0.1, 0.15) is 30.2 Å². The van der Waals surface area contributed by atoms with E-state index in [9.17, 15) is 0 Å². The van der Waals surface area contributed by atoms with E-state index in [1.807, 2.05) is 11.3 Å². The fourth-order valence-corrected chi connectivity index (χ4v) is 3.82. The number of hydrogen-bond acceptors (Lipinski definition) is 3. The molecule has 0 spiro atoms. The molecule has 0 atom stereocenters. The second-order valence-corrected chi connectivity index (χ2v) is 7.42. The minimum atomic E-state index is 0.759. The van der Waals surface area contributed by atoms with Crippen molar-refractivity contribution in [2.24, 2.45) is 0 Å². The molecular formula is C17H21BrN2S. The second kappa shape index (κ2) is 6.95. The van der Waals surface area contributed by atoms with E-state index in [-0.39, 0.29) is 0 Å². The zero-order valence-corrected chi connectivity index (χ0v) is 14.7. The average molecular weight is 365 g/mol. The maximum absolute atomic E-state index is 3.75. The lowest BCUT2D eigenvalue weighted by Crippen LogP contribution is -2.22. The largest absolute Gasteiger partial charge is 0.366 e. The Morgan fingerprint density at radius 1 is 1.33 bits per heavy atom. The van der Waals surface area contributed by atoms with Crippen LogP contribution in [0.4, 0.5) is 5.69 Å². The van der Waals surface area contributed by atoms with E-state index in [4.69, 9.17) is 0 Å². The van der Waals surface area contributed by atoms with Gasteiger partial charge in [0.25, 0.3) is 0 Å².